The Labute approximate surface area is 215 Å². The smallest absolute Gasteiger partial charge is 0.295 e. The average molecular weight is 510 g/mol. The van der Waals surface area contributed by atoms with Gasteiger partial charge in [-0.1, -0.05) is 12.8 Å². The summed E-state index contributed by atoms with van der Waals surface area (Å²) in [6.07, 6.45) is 8.30. The highest BCUT2D eigenvalue weighted by molar-refractivity contribution is 5.58. The predicted octanol–water partition coefficient (Wildman–Crippen LogP) is 5.54. The van der Waals surface area contributed by atoms with Crippen molar-refractivity contribution in [3.63, 3.8) is 0 Å². The van der Waals surface area contributed by atoms with Crippen LogP contribution in [0.3, 0.4) is 0 Å². The van der Waals surface area contributed by atoms with Gasteiger partial charge in [0.2, 0.25) is 6.86 Å². The number of halogens is 1. The maximum Gasteiger partial charge on any atom is 0.295 e. The van der Waals surface area contributed by atoms with Gasteiger partial charge < -0.3 is 24.7 Å². The molecule has 0 spiro atoms. The van der Waals surface area contributed by atoms with Crippen molar-refractivity contribution in [2.75, 3.05) is 30.2 Å². The number of nitrogens with one attached hydrogen (secondary N) is 2. The van der Waals surface area contributed by atoms with Crippen molar-refractivity contribution in [3.05, 3.63) is 64.8 Å². The number of alkyl halides is 1. The molecule has 0 radical (unpaired) electrons. The number of nitro benzene ring substituents is 1. The van der Waals surface area contributed by atoms with Crippen molar-refractivity contribution in [1.29, 1.82) is 0 Å². The minimum Gasteiger partial charge on any atom is -0.463 e. The fraction of sp³-hybridized carbons (Fsp3) is 0.444. The van der Waals surface area contributed by atoms with Crippen LogP contribution in [0.25, 0.3) is 11.3 Å². The van der Waals surface area contributed by atoms with Gasteiger partial charge in [-0.2, -0.15) is 0 Å². The topological polar surface area (TPSA) is 106 Å². The van der Waals surface area contributed by atoms with Gasteiger partial charge in [-0.05, 0) is 62.1 Å². The van der Waals surface area contributed by atoms with E-state index in [1.807, 2.05) is 24.3 Å². The summed E-state index contributed by atoms with van der Waals surface area (Å²) in [6.45, 7) is 0.955. The molecule has 2 N–H and O–H groups in total. The van der Waals surface area contributed by atoms with Crippen molar-refractivity contribution in [2.45, 2.75) is 56.7 Å². The molecule has 3 aromatic rings. The number of hydrogen-bond donors (Lipinski definition) is 2. The van der Waals surface area contributed by atoms with E-state index in [0.29, 0.717) is 29.6 Å². The summed E-state index contributed by atoms with van der Waals surface area (Å²) >= 11 is 0. The van der Waals surface area contributed by atoms with E-state index in [1.165, 1.54) is 6.42 Å². The van der Waals surface area contributed by atoms with Crippen molar-refractivity contribution in [1.82, 2.24) is 10.3 Å². The zero-order valence-corrected chi connectivity index (χ0v) is 20.6. The molecule has 37 heavy (non-hydrogen) atoms. The van der Waals surface area contributed by atoms with E-state index < -0.39 is 6.86 Å². The highest BCUT2D eigenvalue weighted by atomic mass is 19.1. The number of ether oxygens (including phenoxy) is 1. The minimum atomic E-state index is -0.859. The van der Waals surface area contributed by atoms with Crippen molar-refractivity contribution >= 4 is 17.4 Å². The first-order chi connectivity index (χ1) is 18.1. The summed E-state index contributed by atoms with van der Waals surface area (Å²) in [5, 5.41) is 18.4. The number of aromatic nitrogens is 1. The van der Waals surface area contributed by atoms with E-state index in [4.69, 9.17) is 9.15 Å². The predicted molar refractivity (Wildman–Crippen MR) is 140 cm³/mol. The van der Waals surface area contributed by atoms with Crippen LogP contribution in [0.1, 0.15) is 38.5 Å². The molecule has 0 unspecified atom stereocenters. The number of piperidine rings is 1. The lowest BCUT2D eigenvalue weighted by Crippen LogP contribution is -2.54. The Morgan fingerprint density at radius 3 is 2.54 bits per heavy atom. The van der Waals surface area contributed by atoms with Gasteiger partial charge in [-0.3, -0.25) is 10.1 Å². The van der Waals surface area contributed by atoms with Gasteiger partial charge in [0.15, 0.2) is 5.76 Å². The Morgan fingerprint density at radius 1 is 1.05 bits per heavy atom. The lowest BCUT2D eigenvalue weighted by molar-refractivity contribution is -0.384. The molecule has 2 fully saturated rings. The Hall–Kier alpha value is -3.66. The lowest BCUT2D eigenvalue weighted by Gasteiger charge is -2.40. The largest absolute Gasteiger partial charge is 0.463 e. The van der Waals surface area contributed by atoms with Crippen LogP contribution in [0.4, 0.5) is 21.8 Å². The summed E-state index contributed by atoms with van der Waals surface area (Å²) in [5.74, 6) is 1.11. The van der Waals surface area contributed by atoms with E-state index in [0.717, 1.165) is 56.4 Å². The molecule has 2 aliphatic rings. The zero-order valence-electron chi connectivity index (χ0n) is 20.6. The summed E-state index contributed by atoms with van der Waals surface area (Å²) in [5.41, 5.74) is 1.98. The van der Waals surface area contributed by atoms with E-state index >= 15 is 0 Å². The average Bonchev–Trinajstić information content (AvgIpc) is 3.39. The molecule has 3 atom stereocenters. The standard InChI is InChI=1S/C27H32FN5O4/c28-18-36-23-13-7-19(8-14-23)26-16-29-27(37-26)31-25-6-2-1-5-24(25)30-20-4-3-15-32(17-20)21-9-11-22(12-10-21)33(34)35/h7-14,16,20,24-25,30H,1-6,15,17-18H2,(H,29,31)/t20-,24+,25+/m0/s1. The molecule has 1 saturated carbocycles. The van der Waals surface area contributed by atoms with Gasteiger partial charge in [0.05, 0.1) is 11.1 Å². The maximum absolute atomic E-state index is 12.4. The first-order valence-electron chi connectivity index (χ1n) is 12.9. The number of non-ortho nitro benzene ring substituents is 1. The first-order valence-corrected chi connectivity index (χ1v) is 12.9. The van der Waals surface area contributed by atoms with E-state index in [1.54, 1.807) is 30.5 Å². The number of rotatable bonds is 9. The summed E-state index contributed by atoms with van der Waals surface area (Å²) in [7, 11) is 0. The summed E-state index contributed by atoms with van der Waals surface area (Å²) in [6, 6.07) is 15.2. The lowest BCUT2D eigenvalue weighted by atomic mass is 9.89. The van der Waals surface area contributed by atoms with E-state index in [9.17, 15) is 14.5 Å². The second kappa shape index (κ2) is 11.6. The first kappa shape index (κ1) is 25.0. The maximum atomic E-state index is 12.4. The molecule has 1 aromatic heterocycles. The molecule has 2 aromatic carbocycles. The quantitative estimate of drug-likeness (QED) is 0.286. The number of oxazole rings is 1. The highest BCUT2D eigenvalue weighted by Crippen LogP contribution is 2.29. The second-order valence-electron chi connectivity index (χ2n) is 9.67. The molecule has 2 heterocycles. The van der Waals surface area contributed by atoms with Gasteiger partial charge in [-0.15, -0.1) is 0 Å². The molecule has 196 valence electrons. The Bertz CT molecular complexity index is 1170. The van der Waals surface area contributed by atoms with Crippen LogP contribution < -0.4 is 20.3 Å². The SMILES string of the molecule is O=[N+]([O-])c1ccc(N2CCC[C@H](N[C@@H]3CCCC[C@H]3Nc3ncc(-c4ccc(OCF)cc4)o3)C2)cc1. The number of anilines is 2. The van der Waals surface area contributed by atoms with Gasteiger partial charge in [0, 0.05) is 54.6 Å². The van der Waals surface area contributed by atoms with Crippen LogP contribution in [-0.4, -0.2) is 48.0 Å². The summed E-state index contributed by atoms with van der Waals surface area (Å²) < 4.78 is 23.2. The molecule has 5 rings (SSSR count). The third kappa shape index (κ3) is 6.19. The van der Waals surface area contributed by atoms with Gasteiger partial charge >= 0.3 is 0 Å². The molecule has 1 aliphatic heterocycles. The van der Waals surface area contributed by atoms with Gasteiger partial charge in [0.1, 0.15) is 5.75 Å². The van der Waals surface area contributed by atoms with Crippen molar-refractivity contribution in [2.24, 2.45) is 0 Å². The van der Waals surface area contributed by atoms with Crippen LogP contribution in [0.5, 0.6) is 5.75 Å². The normalized spacial score (nSPS) is 22.0. The van der Waals surface area contributed by atoms with Gasteiger partial charge in [-0.25, -0.2) is 9.37 Å². The number of nitro groups is 1. The minimum absolute atomic E-state index is 0.115. The van der Waals surface area contributed by atoms with Crippen LogP contribution in [-0.2, 0) is 0 Å². The number of nitrogens with zero attached hydrogens (tertiary/aromatic N) is 3. The molecular weight excluding hydrogens is 477 g/mol. The highest BCUT2D eigenvalue weighted by Gasteiger charge is 2.30. The fourth-order valence-electron chi connectivity index (χ4n) is 5.35. The molecule has 1 aliphatic carbocycles. The van der Waals surface area contributed by atoms with Gasteiger partial charge in [0.25, 0.3) is 11.7 Å². The third-order valence-corrected chi connectivity index (χ3v) is 7.24. The van der Waals surface area contributed by atoms with E-state index in [2.05, 4.69) is 20.5 Å². The monoisotopic (exact) mass is 509 g/mol. The number of benzene rings is 2. The number of hydrogen-bond acceptors (Lipinski definition) is 8. The van der Waals surface area contributed by atoms with Crippen LogP contribution in [0, 0.1) is 10.1 Å². The van der Waals surface area contributed by atoms with Crippen LogP contribution in [0.2, 0.25) is 0 Å². The van der Waals surface area contributed by atoms with Crippen molar-refractivity contribution < 1.29 is 18.5 Å². The van der Waals surface area contributed by atoms with Crippen LogP contribution in [0.15, 0.2) is 59.1 Å². The molecule has 0 amide bonds. The second-order valence-corrected chi connectivity index (χ2v) is 9.67. The Balaban J connectivity index is 1.20. The molecule has 0 bridgehead atoms. The zero-order chi connectivity index (χ0) is 25.6. The van der Waals surface area contributed by atoms with E-state index in [-0.39, 0.29) is 16.7 Å². The Kier molecular flexibility index (Phi) is 7.84. The van der Waals surface area contributed by atoms with Crippen LogP contribution >= 0.6 is 0 Å². The Morgan fingerprint density at radius 2 is 1.81 bits per heavy atom. The molecular formula is C27H32FN5O4. The van der Waals surface area contributed by atoms with Crippen molar-refractivity contribution in [3.8, 4) is 17.1 Å². The fourth-order valence-corrected chi connectivity index (χ4v) is 5.35. The molecule has 1 saturated heterocycles. The molecule has 9 nitrogen and oxygen atoms in total. The third-order valence-electron chi connectivity index (χ3n) is 7.24. The summed E-state index contributed by atoms with van der Waals surface area (Å²) in [4.78, 5) is 17.4. The molecule has 10 heteroatoms.